The van der Waals surface area contributed by atoms with E-state index in [2.05, 4.69) is 41.2 Å². The zero-order valence-corrected chi connectivity index (χ0v) is 21.1. The second kappa shape index (κ2) is 10.4. The molecule has 2 fully saturated rings. The number of piperidine rings is 1. The average molecular weight is 530 g/mol. The van der Waals surface area contributed by atoms with E-state index in [9.17, 15) is 14.4 Å². The highest BCUT2D eigenvalue weighted by Crippen LogP contribution is 2.26. The Balaban J connectivity index is 1.33. The summed E-state index contributed by atoms with van der Waals surface area (Å²) < 4.78 is 0. The summed E-state index contributed by atoms with van der Waals surface area (Å²) in [5.41, 5.74) is 11.2. The minimum atomic E-state index is -0.710. The highest BCUT2D eigenvalue weighted by molar-refractivity contribution is 6.31. The lowest BCUT2D eigenvalue weighted by Gasteiger charge is -2.38. The predicted octanol–water partition coefficient (Wildman–Crippen LogP) is 0.583. The lowest BCUT2D eigenvalue weighted by atomic mass is 9.88. The van der Waals surface area contributed by atoms with Crippen LogP contribution in [0.15, 0.2) is 23.3 Å². The number of nitrogens with two attached hydrogens (primary N) is 2. The van der Waals surface area contributed by atoms with Crippen LogP contribution in [0.4, 0.5) is 22.2 Å². The number of urea groups is 1. The van der Waals surface area contributed by atoms with E-state index in [-0.39, 0.29) is 52.0 Å². The molecule has 1 spiro atoms. The van der Waals surface area contributed by atoms with E-state index in [1.807, 2.05) is 13.8 Å². The number of amides is 4. The van der Waals surface area contributed by atoms with Gasteiger partial charge in [-0.25, -0.2) is 19.7 Å². The second-order valence-electron chi connectivity index (χ2n) is 9.14. The number of nitrogen functional groups attached to an aromatic ring is 2. The van der Waals surface area contributed by atoms with Crippen LogP contribution in [0.3, 0.4) is 0 Å². The van der Waals surface area contributed by atoms with Gasteiger partial charge in [0.25, 0.3) is 5.91 Å². The van der Waals surface area contributed by atoms with Gasteiger partial charge in [0.2, 0.25) is 0 Å². The van der Waals surface area contributed by atoms with Crippen LogP contribution in [0.2, 0.25) is 5.15 Å². The standard InChI is InChI=1S/C22H28ClN11O3/c1-11(2)28-21(37)29-13-4-3-12(9-26-13)19(36)34-7-5-22(6-8-34)10-27-20(33-22)32-18(35)14-16(24)31-17(25)15(23)30-14/h3-4,9,11H,5-8,10H2,1-2H3,(H4,24,25,31)(H2,26,28,29,37)(H2,27,32,33,35). The van der Waals surface area contributed by atoms with E-state index in [0.717, 1.165) is 0 Å². The van der Waals surface area contributed by atoms with E-state index >= 15 is 0 Å². The van der Waals surface area contributed by atoms with Crippen molar-refractivity contribution < 1.29 is 14.4 Å². The fraction of sp³-hybridized carbons (Fsp3) is 0.409. The van der Waals surface area contributed by atoms with Crippen molar-refractivity contribution in [2.75, 3.05) is 36.4 Å². The van der Waals surface area contributed by atoms with Gasteiger partial charge in [0.15, 0.2) is 28.4 Å². The molecule has 2 aromatic rings. The van der Waals surface area contributed by atoms with Gasteiger partial charge in [-0.3, -0.25) is 14.9 Å². The molecule has 15 heteroatoms. The smallest absolute Gasteiger partial charge is 0.320 e. The van der Waals surface area contributed by atoms with Crippen molar-refractivity contribution in [3.05, 3.63) is 34.7 Å². The predicted molar refractivity (Wildman–Crippen MR) is 138 cm³/mol. The third-order valence-corrected chi connectivity index (χ3v) is 6.26. The van der Waals surface area contributed by atoms with Crippen molar-refractivity contribution in [3.63, 3.8) is 0 Å². The Bertz CT molecular complexity index is 1240. The maximum Gasteiger partial charge on any atom is 0.320 e. The molecular formula is C22H28ClN11O3. The number of pyridine rings is 1. The van der Waals surface area contributed by atoms with Gasteiger partial charge in [-0.15, -0.1) is 0 Å². The molecule has 0 atom stereocenters. The van der Waals surface area contributed by atoms with Gasteiger partial charge in [0.05, 0.1) is 11.1 Å². The maximum atomic E-state index is 13.0. The van der Waals surface area contributed by atoms with Crippen LogP contribution in [-0.4, -0.2) is 74.9 Å². The molecule has 2 aliphatic rings. The normalized spacial score (nSPS) is 17.4. The van der Waals surface area contributed by atoms with Crippen LogP contribution < -0.4 is 32.7 Å². The van der Waals surface area contributed by atoms with Crippen molar-refractivity contribution in [3.8, 4) is 0 Å². The van der Waals surface area contributed by atoms with E-state index < -0.39 is 5.91 Å². The zero-order chi connectivity index (χ0) is 26.7. The number of halogens is 1. The molecule has 0 radical (unpaired) electrons. The van der Waals surface area contributed by atoms with Crippen LogP contribution >= 0.6 is 11.6 Å². The number of hydrogen-bond donors (Lipinski definition) is 6. The number of guanidine groups is 1. The van der Waals surface area contributed by atoms with Gasteiger partial charge >= 0.3 is 11.9 Å². The maximum absolute atomic E-state index is 13.0. The first kappa shape index (κ1) is 25.9. The molecule has 4 amide bonds. The van der Waals surface area contributed by atoms with E-state index in [1.165, 1.54) is 6.20 Å². The third-order valence-electron chi connectivity index (χ3n) is 5.98. The average Bonchev–Trinajstić information content (AvgIpc) is 3.23. The SMILES string of the molecule is CC(C)NC(=O)Nc1ccc(C(=O)N2CCC3(CC2)CN/C(=N\C(=O)c2nc(Cl)c(N)nc2N)N3)cn1. The number of carbonyl (C=O) groups excluding carboxylic acids is 3. The van der Waals surface area contributed by atoms with Crippen molar-refractivity contribution in [1.82, 2.24) is 35.8 Å². The number of anilines is 3. The quantitative estimate of drug-likeness (QED) is 0.325. The Morgan fingerprint density at radius 3 is 2.54 bits per heavy atom. The molecule has 2 aromatic heterocycles. The molecule has 14 nitrogen and oxygen atoms in total. The summed E-state index contributed by atoms with van der Waals surface area (Å²) in [7, 11) is 0. The summed E-state index contributed by atoms with van der Waals surface area (Å²) >= 11 is 5.85. The van der Waals surface area contributed by atoms with Gasteiger partial charge in [-0.2, -0.15) is 4.99 Å². The molecule has 4 heterocycles. The Hall–Kier alpha value is -4.20. The summed E-state index contributed by atoms with van der Waals surface area (Å²) in [5, 5.41) is 11.6. The highest BCUT2D eigenvalue weighted by Gasteiger charge is 2.41. The zero-order valence-electron chi connectivity index (χ0n) is 20.3. The molecule has 196 valence electrons. The Labute approximate surface area is 217 Å². The molecular weight excluding hydrogens is 502 g/mol. The Morgan fingerprint density at radius 1 is 1.16 bits per heavy atom. The first-order valence-corrected chi connectivity index (χ1v) is 12.0. The lowest BCUT2D eigenvalue weighted by molar-refractivity contribution is 0.0668. The number of rotatable bonds is 4. The monoisotopic (exact) mass is 529 g/mol. The fourth-order valence-corrected chi connectivity index (χ4v) is 4.17. The number of nitrogens with zero attached hydrogens (tertiary/aromatic N) is 5. The third kappa shape index (κ3) is 5.97. The topological polar surface area (TPSA) is 206 Å². The number of hydrogen-bond acceptors (Lipinski definition) is 8. The first-order chi connectivity index (χ1) is 17.5. The summed E-state index contributed by atoms with van der Waals surface area (Å²) in [6, 6.07) is 2.85. The Morgan fingerprint density at radius 2 is 1.89 bits per heavy atom. The van der Waals surface area contributed by atoms with Gasteiger partial charge in [-0.05, 0) is 38.8 Å². The minimum Gasteiger partial charge on any atom is -0.382 e. The second-order valence-corrected chi connectivity index (χ2v) is 9.49. The van der Waals surface area contributed by atoms with Gasteiger partial charge < -0.3 is 32.3 Å². The Kier molecular flexibility index (Phi) is 7.29. The molecule has 8 N–H and O–H groups in total. The summed E-state index contributed by atoms with van der Waals surface area (Å²) in [4.78, 5) is 54.9. The molecule has 4 rings (SSSR count). The molecule has 0 unspecified atom stereocenters. The van der Waals surface area contributed by atoms with Crippen LogP contribution in [0.5, 0.6) is 0 Å². The molecule has 2 aliphatic heterocycles. The van der Waals surface area contributed by atoms with E-state index in [0.29, 0.717) is 43.9 Å². The van der Waals surface area contributed by atoms with Crippen molar-refractivity contribution >= 4 is 52.9 Å². The molecule has 0 saturated carbocycles. The minimum absolute atomic E-state index is 0.00780. The number of aliphatic imine (C=N–C) groups is 1. The lowest BCUT2D eigenvalue weighted by Crippen LogP contribution is -2.53. The highest BCUT2D eigenvalue weighted by atomic mass is 35.5. The van der Waals surface area contributed by atoms with E-state index in [4.69, 9.17) is 23.1 Å². The van der Waals surface area contributed by atoms with Crippen molar-refractivity contribution in [2.24, 2.45) is 4.99 Å². The van der Waals surface area contributed by atoms with Gasteiger partial charge in [-0.1, -0.05) is 11.6 Å². The summed E-state index contributed by atoms with van der Waals surface area (Å²) in [5.74, 6) is -0.453. The molecule has 0 bridgehead atoms. The largest absolute Gasteiger partial charge is 0.382 e. The van der Waals surface area contributed by atoms with E-state index in [1.54, 1.807) is 17.0 Å². The number of aromatic nitrogens is 3. The van der Waals surface area contributed by atoms with Crippen LogP contribution in [0, 0.1) is 0 Å². The van der Waals surface area contributed by atoms with Gasteiger partial charge in [0, 0.05) is 31.9 Å². The van der Waals surface area contributed by atoms with Crippen molar-refractivity contribution in [1.29, 1.82) is 0 Å². The van der Waals surface area contributed by atoms with Gasteiger partial charge in [0.1, 0.15) is 5.82 Å². The number of nitrogens with one attached hydrogen (secondary N) is 4. The molecule has 0 aromatic carbocycles. The summed E-state index contributed by atoms with van der Waals surface area (Å²) in [6.45, 7) is 5.23. The molecule has 0 aliphatic carbocycles. The fourth-order valence-electron chi connectivity index (χ4n) is 4.04. The summed E-state index contributed by atoms with van der Waals surface area (Å²) in [6.07, 6.45) is 2.72. The first-order valence-electron chi connectivity index (χ1n) is 11.6. The van der Waals surface area contributed by atoms with Crippen LogP contribution in [0.25, 0.3) is 0 Å². The molecule has 37 heavy (non-hydrogen) atoms. The van der Waals surface area contributed by atoms with Crippen molar-refractivity contribution in [2.45, 2.75) is 38.3 Å². The van der Waals surface area contributed by atoms with Crippen LogP contribution in [-0.2, 0) is 0 Å². The molecule has 2 saturated heterocycles. The number of likely N-dealkylation sites (tertiary alicyclic amines) is 1. The number of carbonyl (C=O) groups is 3. The van der Waals surface area contributed by atoms with Crippen LogP contribution in [0.1, 0.15) is 47.5 Å².